The number of benzene rings is 1. The van der Waals surface area contributed by atoms with Crippen LogP contribution in [0.15, 0.2) is 30.0 Å². The number of nitrogens with zero attached hydrogens (tertiary/aromatic N) is 1. The summed E-state index contributed by atoms with van der Waals surface area (Å²) in [5.41, 5.74) is -0.432. The number of halogens is 3. The van der Waals surface area contributed by atoms with Gasteiger partial charge in [-0.05, 0) is 12.1 Å². The van der Waals surface area contributed by atoms with E-state index in [0.717, 1.165) is 6.07 Å². The van der Waals surface area contributed by atoms with Crippen molar-refractivity contribution in [1.82, 2.24) is 5.32 Å². The highest BCUT2D eigenvalue weighted by atomic mass is 19.3. The lowest BCUT2D eigenvalue weighted by Gasteiger charge is -2.18. The highest BCUT2D eigenvalue weighted by Crippen LogP contribution is 2.28. The van der Waals surface area contributed by atoms with Crippen molar-refractivity contribution in [3.63, 3.8) is 0 Å². The predicted molar refractivity (Wildman–Crippen MR) is 59.9 cm³/mol. The largest absolute Gasteiger partial charge is 0.380 e. The smallest absolute Gasteiger partial charge is 0.278 e. The molecule has 91 valence electrons. The van der Waals surface area contributed by atoms with Crippen LogP contribution in [0.1, 0.15) is 11.1 Å². The Morgan fingerprint density at radius 2 is 2.17 bits per heavy atom. The van der Waals surface area contributed by atoms with Crippen molar-refractivity contribution >= 4 is 5.57 Å². The van der Waals surface area contributed by atoms with Gasteiger partial charge in [0, 0.05) is 17.7 Å². The lowest BCUT2D eigenvalue weighted by atomic mass is 9.96. The molecule has 1 aliphatic rings. The standard InChI is InChI=1S/C13H8F3N2/c14-11-5-1-3-8(10(11)7-17)9-4-2-6-18-12(9)13(15)16/h1-3,5,13,18H,6H2. The Hall–Kier alpha value is -2.22. The van der Waals surface area contributed by atoms with Gasteiger partial charge in [0.1, 0.15) is 11.9 Å². The van der Waals surface area contributed by atoms with Gasteiger partial charge in [-0.1, -0.05) is 18.2 Å². The molecule has 0 fully saturated rings. The van der Waals surface area contributed by atoms with Gasteiger partial charge in [-0.3, -0.25) is 0 Å². The second-order valence-electron chi connectivity index (χ2n) is 3.59. The fraction of sp³-hybridized carbons (Fsp3) is 0.154. The van der Waals surface area contributed by atoms with Crippen LogP contribution < -0.4 is 5.32 Å². The number of rotatable bonds is 2. The molecule has 1 heterocycles. The average molecular weight is 249 g/mol. The van der Waals surface area contributed by atoms with Crippen molar-refractivity contribution in [1.29, 1.82) is 5.26 Å². The molecular formula is C13H8F3N2. The molecule has 1 aliphatic heterocycles. The highest BCUT2D eigenvalue weighted by Gasteiger charge is 2.21. The van der Waals surface area contributed by atoms with Gasteiger partial charge >= 0.3 is 0 Å². The molecule has 0 saturated heterocycles. The third kappa shape index (κ3) is 2.09. The third-order valence-electron chi connectivity index (χ3n) is 2.52. The van der Waals surface area contributed by atoms with Crippen molar-refractivity contribution in [2.45, 2.75) is 6.43 Å². The summed E-state index contributed by atoms with van der Waals surface area (Å²) in [5.74, 6) is -0.733. The molecular weight excluding hydrogens is 241 g/mol. The topological polar surface area (TPSA) is 35.8 Å². The maximum atomic E-state index is 13.4. The molecule has 0 aliphatic carbocycles. The van der Waals surface area contributed by atoms with Crippen molar-refractivity contribution in [2.75, 3.05) is 6.54 Å². The minimum Gasteiger partial charge on any atom is -0.380 e. The molecule has 1 radical (unpaired) electrons. The summed E-state index contributed by atoms with van der Waals surface area (Å²) in [6.45, 7) is 0.236. The second kappa shape index (κ2) is 4.96. The fourth-order valence-electron chi connectivity index (χ4n) is 1.74. The summed E-state index contributed by atoms with van der Waals surface area (Å²) in [5, 5.41) is 11.4. The van der Waals surface area contributed by atoms with Crippen molar-refractivity contribution in [2.24, 2.45) is 0 Å². The van der Waals surface area contributed by atoms with Gasteiger partial charge in [-0.2, -0.15) is 5.26 Å². The van der Waals surface area contributed by atoms with E-state index >= 15 is 0 Å². The SMILES string of the molecule is N#Cc1c(F)cccc1C1=C(C(F)F)NCC=[C]1. The highest BCUT2D eigenvalue weighted by molar-refractivity contribution is 5.78. The molecule has 0 saturated carbocycles. The zero-order valence-corrected chi connectivity index (χ0v) is 9.17. The quantitative estimate of drug-likeness (QED) is 0.874. The first kappa shape index (κ1) is 12.2. The maximum Gasteiger partial charge on any atom is 0.278 e. The Balaban J connectivity index is 2.64. The normalized spacial score (nSPS) is 14.6. The summed E-state index contributed by atoms with van der Waals surface area (Å²) in [4.78, 5) is 0. The first-order valence-corrected chi connectivity index (χ1v) is 5.18. The zero-order valence-electron chi connectivity index (χ0n) is 9.17. The van der Waals surface area contributed by atoms with Gasteiger partial charge in [0.15, 0.2) is 0 Å². The first-order valence-electron chi connectivity index (χ1n) is 5.18. The molecule has 0 amide bonds. The average Bonchev–Trinajstić information content (AvgIpc) is 2.38. The number of alkyl halides is 2. The minimum absolute atomic E-state index is 0.0345. The van der Waals surface area contributed by atoms with E-state index in [9.17, 15) is 13.2 Å². The second-order valence-corrected chi connectivity index (χ2v) is 3.59. The number of dihydropyridines is 1. The third-order valence-corrected chi connectivity index (χ3v) is 2.52. The van der Waals surface area contributed by atoms with Crippen LogP contribution in [0.25, 0.3) is 5.57 Å². The summed E-state index contributed by atoms with van der Waals surface area (Å²) in [6, 6.07) is 5.60. The molecule has 1 N–H and O–H groups in total. The van der Waals surface area contributed by atoms with Gasteiger partial charge in [0.2, 0.25) is 0 Å². The van der Waals surface area contributed by atoms with Crippen molar-refractivity contribution in [3.05, 3.63) is 53.0 Å². The van der Waals surface area contributed by atoms with E-state index in [4.69, 9.17) is 5.26 Å². The van der Waals surface area contributed by atoms with Crippen LogP contribution in [-0.4, -0.2) is 13.0 Å². The zero-order chi connectivity index (χ0) is 13.1. The van der Waals surface area contributed by atoms with Crippen molar-refractivity contribution < 1.29 is 13.2 Å². The van der Waals surface area contributed by atoms with Crippen LogP contribution >= 0.6 is 0 Å². The van der Waals surface area contributed by atoms with Crippen LogP contribution in [0.3, 0.4) is 0 Å². The van der Waals surface area contributed by atoms with Gasteiger partial charge < -0.3 is 5.32 Å². The minimum atomic E-state index is -2.73. The molecule has 2 rings (SSSR count). The lowest BCUT2D eigenvalue weighted by molar-refractivity contribution is 0.181. The molecule has 0 aromatic heterocycles. The number of nitrogens with one attached hydrogen (secondary N) is 1. The molecule has 5 heteroatoms. The Morgan fingerprint density at radius 3 is 2.83 bits per heavy atom. The molecule has 2 nitrogen and oxygen atoms in total. The lowest BCUT2D eigenvalue weighted by Crippen LogP contribution is -2.23. The van der Waals surface area contributed by atoms with E-state index in [0.29, 0.717) is 0 Å². The summed E-state index contributed by atoms with van der Waals surface area (Å²) < 4.78 is 39.1. The Labute approximate surface area is 102 Å². The summed E-state index contributed by atoms with van der Waals surface area (Å²) >= 11 is 0. The number of nitriles is 1. The molecule has 1 aromatic carbocycles. The Kier molecular flexibility index (Phi) is 3.38. The van der Waals surface area contributed by atoms with E-state index in [1.54, 1.807) is 6.07 Å². The summed E-state index contributed by atoms with van der Waals surface area (Å²) in [7, 11) is 0. The van der Waals surface area contributed by atoms with Gasteiger partial charge in [-0.25, -0.2) is 13.2 Å². The van der Waals surface area contributed by atoms with Gasteiger partial charge in [0.25, 0.3) is 6.43 Å². The fourth-order valence-corrected chi connectivity index (χ4v) is 1.74. The van der Waals surface area contributed by atoms with E-state index < -0.39 is 12.2 Å². The maximum absolute atomic E-state index is 13.4. The first-order chi connectivity index (χ1) is 8.65. The van der Waals surface area contributed by atoms with Gasteiger partial charge in [-0.15, -0.1) is 0 Å². The number of hydrogen-bond donors (Lipinski definition) is 1. The molecule has 0 bridgehead atoms. The van der Waals surface area contributed by atoms with Crippen LogP contribution in [-0.2, 0) is 0 Å². The molecule has 0 unspecified atom stereocenters. The van der Waals surface area contributed by atoms with Gasteiger partial charge in [0.05, 0.1) is 11.3 Å². The van der Waals surface area contributed by atoms with E-state index in [1.165, 1.54) is 18.2 Å². The van der Waals surface area contributed by atoms with E-state index in [1.807, 2.05) is 0 Å². The Bertz CT molecular complexity index is 568. The molecule has 1 aromatic rings. The molecule has 0 atom stereocenters. The van der Waals surface area contributed by atoms with Crippen molar-refractivity contribution in [3.8, 4) is 6.07 Å². The van der Waals surface area contributed by atoms with Crippen LogP contribution in [0.5, 0.6) is 0 Å². The van der Waals surface area contributed by atoms with Crippen LogP contribution in [0.2, 0.25) is 0 Å². The number of allylic oxidation sites excluding steroid dienone is 3. The van der Waals surface area contributed by atoms with E-state index in [-0.39, 0.29) is 28.9 Å². The predicted octanol–water partition coefficient (Wildman–Crippen LogP) is 2.64. The molecule has 18 heavy (non-hydrogen) atoms. The van der Waals surface area contributed by atoms with E-state index in [2.05, 4.69) is 11.4 Å². The van der Waals surface area contributed by atoms with Crippen LogP contribution in [0, 0.1) is 23.2 Å². The van der Waals surface area contributed by atoms with Crippen LogP contribution in [0.4, 0.5) is 13.2 Å². The Morgan fingerprint density at radius 1 is 1.39 bits per heavy atom. The molecule has 0 spiro atoms. The monoisotopic (exact) mass is 249 g/mol. The summed E-state index contributed by atoms with van der Waals surface area (Å²) in [6.07, 6.45) is 1.46. The number of hydrogen-bond acceptors (Lipinski definition) is 2.